The number of hydrogen-bond donors (Lipinski definition) is 1. The molecule has 34 heavy (non-hydrogen) atoms. The highest BCUT2D eigenvalue weighted by molar-refractivity contribution is 5.85. The van der Waals surface area contributed by atoms with Gasteiger partial charge in [0, 0.05) is 29.6 Å². The van der Waals surface area contributed by atoms with Crippen molar-refractivity contribution in [3.8, 4) is 5.75 Å². The Bertz CT molecular complexity index is 1190. The lowest BCUT2D eigenvalue weighted by molar-refractivity contribution is -0.123. The minimum atomic E-state index is -0.128. The third-order valence-electron chi connectivity index (χ3n) is 7.55. The summed E-state index contributed by atoms with van der Waals surface area (Å²) in [5, 5.41) is 4.41. The molecule has 6 rings (SSSR count). The van der Waals surface area contributed by atoms with Gasteiger partial charge in [0.1, 0.15) is 5.75 Å². The molecule has 2 aliphatic carbocycles. The SMILES string of the molecule is C[C@@H](NC(=O)C1CC1c1ccc2ccn(CC3(C)COC3)c2c1)c1ccc(OCC2CC2)cn1. The summed E-state index contributed by atoms with van der Waals surface area (Å²) >= 11 is 0. The van der Waals surface area contributed by atoms with Gasteiger partial charge in [-0.3, -0.25) is 9.78 Å². The van der Waals surface area contributed by atoms with Crippen LogP contribution in [0.1, 0.15) is 56.3 Å². The number of pyridine rings is 1. The summed E-state index contributed by atoms with van der Waals surface area (Å²) in [7, 11) is 0. The molecule has 1 N–H and O–H groups in total. The molecule has 1 aliphatic heterocycles. The van der Waals surface area contributed by atoms with Crippen molar-refractivity contribution in [2.75, 3.05) is 19.8 Å². The Morgan fingerprint density at radius 2 is 2.12 bits per heavy atom. The first-order chi connectivity index (χ1) is 16.5. The van der Waals surface area contributed by atoms with Gasteiger partial charge in [-0.05, 0) is 73.2 Å². The molecule has 1 saturated heterocycles. The lowest BCUT2D eigenvalue weighted by Gasteiger charge is -2.38. The van der Waals surface area contributed by atoms with Crippen molar-refractivity contribution in [3.05, 3.63) is 60.0 Å². The van der Waals surface area contributed by atoms with Gasteiger partial charge in [0.15, 0.2) is 0 Å². The van der Waals surface area contributed by atoms with Crippen molar-refractivity contribution in [2.24, 2.45) is 17.3 Å². The van der Waals surface area contributed by atoms with E-state index in [4.69, 9.17) is 9.47 Å². The number of amides is 1. The highest BCUT2D eigenvalue weighted by Crippen LogP contribution is 2.48. The monoisotopic (exact) mass is 459 g/mol. The zero-order chi connectivity index (χ0) is 23.3. The number of carbonyl (C=O) groups is 1. The van der Waals surface area contributed by atoms with E-state index in [1.165, 1.54) is 29.3 Å². The summed E-state index contributed by atoms with van der Waals surface area (Å²) in [5.41, 5.74) is 3.58. The molecular weight excluding hydrogens is 426 g/mol. The van der Waals surface area contributed by atoms with Crippen LogP contribution in [0, 0.1) is 17.3 Å². The van der Waals surface area contributed by atoms with E-state index in [2.05, 4.69) is 52.3 Å². The molecule has 1 amide bonds. The van der Waals surface area contributed by atoms with E-state index in [-0.39, 0.29) is 29.2 Å². The zero-order valence-corrected chi connectivity index (χ0v) is 20.0. The van der Waals surface area contributed by atoms with Crippen LogP contribution in [-0.4, -0.2) is 35.3 Å². The van der Waals surface area contributed by atoms with Gasteiger partial charge < -0.3 is 19.4 Å². The molecule has 3 aromatic rings. The van der Waals surface area contributed by atoms with E-state index in [9.17, 15) is 4.79 Å². The van der Waals surface area contributed by atoms with Crippen LogP contribution in [0.25, 0.3) is 10.9 Å². The van der Waals surface area contributed by atoms with Crippen LogP contribution in [0.4, 0.5) is 0 Å². The molecule has 178 valence electrons. The standard InChI is InChI=1S/C28H33N3O3/c1-18(25-8-7-22(13-29-25)34-14-19-3-4-19)30-27(32)24-12-23(24)21-6-5-20-9-10-31(26(20)11-21)15-28(2)16-33-17-28/h5-11,13,18-19,23-24H,3-4,12,14-17H2,1-2H3,(H,30,32)/t18-,23?,24?/m1/s1. The summed E-state index contributed by atoms with van der Waals surface area (Å²) in [4.78, 5) is 17.5. The average molecular weight is 460 g/mol. The maximum Gasteiger partial charge on any atom is 0.224 e. The van der Waals surface area contributed by atoms with Gasteiger partial charge in [0.25, 0.3) is 0 Å². The number of aromatic nitrogens is 2. The first-order valence-corrected chi connectivity index (χ1v) is 12.5. The maximum atomic E-state index is 13.0. The quantitative estimate of drug-likeness (QED) is 0.497. The molecule has 0 bridgehead atoms. The summed E-state index contributed by atoms with van der Waals surface area (Å²) in [6.45, 7) is 7.65. The van der Waals surface area contributed by atoms with Crippen molar-refractivity contribution in [1.82, 2.24) is 14.9 Å². The van der Waals surface area contributed by atoms with Crippen LogP contribution in [0.15, 0.2) is 48.8 Å². The lowest BCUT2D eigenvalue weighted by Crippen LogP contribution is -2.42. The molecule has 2 saturated carbocycles. The first-order valence-electron chi connectivity index (χ1n) is 12.5. The molecule has 3 atom stereocenters. The Morgan fingerprint density at radius 3 is 2.82 bits per heavy atom. The molecule has 3 fully saturated rings. The molecular formula is C28H33N3O3. The Morgan fingerprint density at radius 1 is 1.26 bits per heavy atom. The van der Waals surface area contributed by atoms with E-state index in [1.54, 1.807) is 6.20 Å². The van der Waals surface area contributed by atoms with Gasteiger partial charge in [-0.25, -0.2) is 0 Å². The third-order valence-corrected chi connectivity index (χ3v) is 7.55. The Hall–Kier alpha value is -2.86. The number of carbonyl (C=O) groups excluding carboxylic acids is 1. The first kappa shape index (κ1) is 21.7. The number of nitrogens with one attached hydrogen (secondary N) is 1. The van der Waals surface area contributed by atoms with Crippen molar-refractivity contribution in [1.29, 1.82) is 0 Å². The van der Waals surface area contributed by atoms with Crippen molar-refractivity contribution >= 4 is 16.8 Å². The topological polar surface area (TPSA) is 65.4 Å². The smallest absolute Gasteiger partial charge is 0.224 e. The van der Waals surface area contributed by atoms with Crippen molar-refractivity contribution in [3.63, 3.8) is 0 Å². The second-order valence-electron chi connectivity index (χ2n) is 10.9. The van der Waals surface area contributed by atoms with E-state index in [0.717, 1.165) is 50.1 Å². The molecule has 1 aromatic carbocycles. The molecule has 3 heterocycles. The van der Waals surface area contributed by atoms with E-state index >= 15 is 0 Å². The van der Waals surface area contributed by atoms with Crippen molar-refractivity contribution < 1.29 is 14.3 Å². The summed E-state index contributed by atoms with van der Waals surface area (Å²) < 4.78 is 13.5. The van der Waals surface area contributed by atoms with Crippen LogP contribution < -0.4 is 10.1 Å². The van der Waals surface area contributed by atoms with Crippen LogP contribution in [-0.2, 0) is 16.1 Å². The minimum absolute atomic E-state index is 0.0296. The predicted molar refractivity (Wildman–Crippen MR) is 131 cm³/mol. The van der Waals surface area contributed by atoms with Gasteiger partial charge >= 0.3 is 0 Å². The summed E-state index contributed by atoms with van der Waals surface area (Å²) in [6.07, 6.45) is 7.38. The predicted octanol–water partition coefficient (Wildman–Crippen LogP) is 4.84. The van der Waals surface area contributed by atoms with Gasteiger partial charge in [0.05, 0.1) is 37.8 Å². The minimum Gasteiger partial charge on any atom is -0.492 e. The number of hydrogen-bond acceptors (Lipinski definition) is 4. The van der Waals surface area contributed by atoms with E-state index in [1.807, 2.05) is 19.1 Å². The number of fused-ring (bicyclic) bond motifs is 1. The van der Waals surface area contributed by atoms with E-state index < -0.39 is 0 Å². The highest BCUT2D eigenvalue weighted by atomic mass is 16.5. The van der Waals surface area contributed by atoms with Gasteiger partial charge in [-0.2, -0.15) is 0 Å². The van der Waals surface area contributed by atoms with E-state index in [0.29, 0.717) is 0 Å². The molecule has 3 aliphatic rings. The second kappa shape index (κ2) is 8.42. The molecule has 6 heteroatoms. The summed E-state index contributed by atoms with van der Waals surface area (Å²) in [6, 6.07) is 12.6. The zero-order valence-electron chi connectivity index (χ0n) is 20.0. The van der Waals surface area contributed by atoms with Crippen LogP contribution in [0.3, 0.4) is 0 Å². The largest absolute Gasteiger partial charge is 0.492 e. The van der Waals surface area contributed by atoms with Crippen LogP contribution in [0.2, 0.25) is 0 Å². The average Bonchev–Trinajstić information content (AvgIpc) is 3.75. The van der Waals surface area contributed by atoms with Crippen LogP contribution in [0.5, 0.6) is 5.75 Å². The third kappa shape index (κ3) is 4.43. The normalized spacial score (nSPS) is 23.8. The molecule has 2 unspecified atom stereocenters. The second-order valence-corrected chi connectivity index (χ2v) is 10.9. The maximum absolute atomic E-state index is 13.0. The Balaban J connectivity index is 1.07. The number of rotatable bonds is 9. The number of benzene rings is 1. The fraction of sp³-hybridized carbons (Fsp3) is 0.500. The molecule has 2 aromatic heterocycles. The number of nitrogens with zero attached hydrogens (tertiary/aromatic N) is 2. The van der Waals surface area contributed by atoms with Gasteiger partial charge in [-0.1, -0.05) is 19.1 Å². The fourth-order valence-electron chi connectivity index (χ4n) is 5.00. The Labute approximate surface area is 200 Å². The Kier molecular flexibility index (Phi) is 5.36. The molecule has 0 radical (unpaired) electrons. The number of ether oxygens (including phenoxy) is 2. The molecule has 6 nitrogen and oxygen atoms in total. The summed E-state index contributed by atoms with van der Waals surface area (Å²) in [5.74, 6) is 1.95. The fourth-order valence-corrected chi connectivity index (χ4v) is 5.00. The van der Waals surface area contributed by atoms with Gasteiger partial charge in [-0.15, -0.1) is 0 Å². The van der Waals surface area contributed by atoms with Crippen LogP contribution >= 0.6 is 0 Å². The van der Waals surface area contributed by atoms with Gasteiger partial charge in [0.2, 0.25) is 5.91 Å². The highest BCUT2D eigenvalue weighted by Gasteiger charge is 2.44. The van der Waals surface area contributed by atoms with Crippen molar-refractivity contribution in [2.45, 2.75) is 51.6 Å². The molecule has 0 spiro atoms. The lowest BCUT2D eigenvalue weighted by atomic mass is 9.88.